The molecule has 1 aliphatic rings. The van der Waals surface area contributed by atoms with Crippen molar-refractivity contribution in [2.24, 2.45) is 0 Å². The van der Waals surface area contributed by atoms with Crippen LogP contribution in [0.1, 0.15) is 20.8 Å². The number of thioether (sulfide) groups is 1. The van der Waals surface area contributed by atoms with Crippen LogP contribution in [-0.4, -0.2) is 61.3 Å². The maximum absolute atomic E-state index is 5.56. The molecule has 1 atom stereocenters. The van der Waals surface area contributed by atoms with E-state index >= 15 is 0 Å². The second-order valence-corrected chi connectivity index (χ2v) is 5.92. The second kappa shape index (κ2) is 8.34. The van der Waals surface area contributed by atoms with E-state index in [1.54, 1.807) is 0 Å². The first-order chi connectivity index (χ1) is 7.74. The van der Waals surface area contributed by atoms with Gasteiger partial charge < -0.3 is 10.1 Å². The summed E-state index contributed by atoms with van der Waals surface area (Å²) in [4.78, 5) is 2.57. The normalized spacial score (nSPS) is 22.9. The highest BCUT2D eigenvalue weighted by Gasteiger charge is 2.22. The first kappa shape index (κ1) is 14.3. The van der Waals surface area contributed by atoms with Crippen molar-refractivity contribution in [3.63, 3.8) is 0 Å². The molecule has 0 aromatic carbocycles. The predicted molar refractivity (Wildman–Crippen MR) is 72.3 cm³/mol. The fourth-order valence-corrected chi connectivity index (χ4v) is 2.52. The van der Waals surface area contributed by atoms with Crippen LogP contribution >= 0.6 is 11.8 Å². The predicted octanol–water partition coefficient (Wildman–Crippen LogP) is 1.44. The zero-order chi connectivity index (χ0) is 11.8. The van der Waals surface area contributed by atoms with Gasteiger partial charge in [0, 0.05) is 37.5 Å². The molecule has 1 heterocycles. The van der Waals surface area contributed by atoms with E-state index in [2.05, 4.69) is 31.0 Å². The van der Waals surface area contributed by atoms with Gasteiger partial charge in [0.2, 0.25) is 0 Å². The SMILES string of the molecule is CCSCCN1CCOCC1CNC(C)C. The summed E-state index contributed by atoms with van der Waals surface area (Å²) in [5.41, 5.74) is 0. The van der Waals surface area contributed by atoms with E-state index < -0.39 is 0 Å². The number of ether oxygens (including phenoxy) is 1. The Balaban J connectivity index is 2.26. The van der Waals surface area contributed by atoms with Crippen molar-refractivity contribution in [1.82, 2.24) is 10.2 Å². The van der Waals surface area contributed by atoms with Crippen molar-refractivity contribution in [2.75, 3.05) is 44.4 Å². The maximum atomic E-state index is 5.56. The van der Waals surface area contributed by atoms with Gasteiger partial charge in [-0.25, -0.2) is 0 Å². The monoisotopic (exact) mass is 246 g/mol. The molecule has 0 aromatic rings. The highest BCUT2D eigenvalue weighted by atomic mass is 32.2. The third kappa shape index (κ3) is 5.53. The smallest absolute Gasteiger partial charge is 0.0634 e. The largest absolute Gasteiger partial charge is 0.378 e. The molecule has 0 aliphatic carbocycles. The van der Waals surface area contributed by atoms with E-state index in [1.165, 1.54) is 18.1 Å². The molecule has 96 valence electrons. The van der Waals surface area contributed by atoms with E-state index in [0.29, 0.717) is 12.1 Å². The van der Waals surface area contributed by atoms with Gasteiger partial charge in [-0.3, -0.25) is 4.90 Å². The van der Waals surface area contributed by atoms with Crippen molar-refractivity contribution >= 4 is 11.8 Å². The van der Waals surface area contributed by atoms with Crippen LogP contribution in [0.5, 0.6) is 0 Å². The third-order valence-electron chi connectivity index (χ3n) is 2.84. The van der Waals surface area contributed by atoms with E-state index in [-0.39, 0.29) is 0 Å². The van der Waals surface area contributed by atoms with Gasteiger partial charge in [0.25, 0.3) is 0 Å². The van der Waals surface area contributed by atoms with Gasteiger partial charge >= 0.3 is 0 Å². The maximum Gasteiger partial charge on any atom is 0.0634 e. The van der Waals surface area contributed by atoms with Crippen molar-refractivity contribution < 1.29 is 4.74 Å². The Bertz CT molecular complexity index is 178. The van der Waals surface area contributed by atoms with Gasteiger partial charge in [-0.2, -0.15) is 11.8 Å². The van der Waals surface area contributed by atoms with Crippen LogP contribution in [-0.2, 0) is 4.74 Å². The summed E-state index contributed by atoms with van der Waals surface area (Å²) in [5, 5.41) is 3.51. The zero-order valence-electron chi connectivity index (χ0n) is 10.9. The first-order valence-electron chi connectivity index (χ1n) is 6.37. The van der Waals surface area contributed by atoms with Gasteiger partial charge in [-0.05, 0) is 5.75 Å². The molecule has 0 aromatic heterocycles. The fraction of sp³-hybridized carbons (Fsp3) is 1.00. The lowest BCUT2D eigenvalue weighted by molar-refractivity contribution is -0.00413. The summed E-state index contributed by atoms with van der Waals surface area (Å²) in [6.07, 6.45) is 0. The Hall–Kier alpha value is 0.230. The molecule has 0 amide bonds. The van der Waals surface area contributed by atoms with Crippen molar-refractivity contribution in [3.05, 3.63) is 0 Å². The van der Waals surface area contributed by atoms with E-state index in [0.717, 1.165) is 26.3 Å². The van der Waals surface area contributed by atoms with Crippen molar-refractivity contribution in [2.45, 2.75) is 32.9 Å². The lowest BCUT2D eigenvalue weighted by atomic mass is 10.2. The molecule has 0 spiro atoms. The highest BCUT2D eigenvalue weighted by Crippen LogP contribution is 2.08. The number of morpholine rings is 1. The van der Waals surface area contributed by atoms with Crippen LogP contribution in [0.2, 0.25) is 0 Å². The fourth-order valence-electron chi connectivity index (χ4n) is 1.87. The third-order valence-corrected chi connectivity index (χ3v) is 3.72. The minimum Gasteiger partial charge on any atom is -0.378 e. The minimum absolute atomic E-state index is 0.564. The molecule has 1 saturated heterocycles. The Morgan fingerprint density at radius 3 is 3.00 bits per heavy atom. The van der Waals surface area contributed by atoms with Crippen LogP contribution in [0.15, 0.2) is 0 Å². The van der Waals surface area contributed by atoms with Gasteiger partial charge in [0.1, 0.15) is 0 Å². The minimum atomic E-state index is 0.564. The van der Waals surface area contributed by atoms with Crippen molar-refractivity contribution in [3.8, 4) is 0 Å². The molecule has 1 N–H and O–H groups in total. The summed E-state index contributed by atoms with van der Waals surface area (Å²) in [6.45, 7) is 11.7. The molecule has 0 bridgehead atoms. The molecule has 0 saturated carbocycles. The zero-order valence-corrected chi connectivity index (χ0v) is 11.7. The Labute approximate surface area is 104 Å². The van der Waals surface area contributed by atoms with Gasteiger partial charge in [-0.15, -0.1) is 0 Å². The molecular formula is C12H26N2OS. The number of hydrogen-bond donors (Lipinski definition) is 1. The molecule has 3 nitrogen and oxygen atoms in total. The van der Waals surface area contributed by atoms with Gasteiger partial charge in [0.15, 0.2) is 0 Å². The number of rotatable bonds is 7. The van der Waals surface area contributed by atoms with E-state index in [9.17, 15) is 0 Å². The van der Waals surface area contributed by atoms with Crippen LogP contribution in [0.4, 0.5) is 0 Å². The molecular weight excluding hydrogens is 220 g/mol. The highest BCUT2D eigenvalue weighted by molar-refractivity contribution is 7.99. The molecule has 1 aliphatic heterocycles. The summed E-state index contributed by atoms with van der Waals surface area (Å²) < 4.78 is 5.56. The average Bonchev–Trinajstić information content (AvgIpc) is 2.28. The lowest BCUT2D eigenvalue weighted by Gasteiger charge is -2.36. The Morgan fingerprint density at radius 1 is 1.50 bits per heavy atom. The average molecular weight is 246 g/mol. The number of hydrogen-bond acceptors (Lipinski definition) is 4. The van der Waals surface area contributed by atoms with Crippen molar-refractivity contribution in [1.29, 1.82) is 0 Å². The second-order valence-electron chi connectivity index (χ2n) is 4.52. The Morgan fingerprint density at radius 2 is 2.31 bits per heavy atom. The topological polar surface area (TPSA) is 24.5 Å². The molecule has 1 rings (SSSR count). The number of nitrogens with zero attached hydrogens (tertiary/aromatic N) is 1. The summed E-state index contributed by atoms with van der Waals surface area (Å²) in [7, 11) is 0. The molecule has 0 radical (unpaired) electrons. The molecule has 1 fully saturated rings. The van der Waals surface area contributed by atoms with Gasteiger partial charge in [0.05, 0.1) is 13.2 Å². The molecule has 16 heavy (non-hydrogen) atoms. The van der Waals surface area contributed by atoms with Crippen LogP contribution in [0.25, 0.3) is 0 Å². The standard InChI is InChI=1S/C12H26N2OS/c1-4-16-8-6-14-5-7-15-10-12(14)9-13-11(2)3/h11-13H,4-10H2,1-3H3. The summed E-state index contributed by atoms with van der Waals surface area (Å²) in [6, 6.07) is 1.13. The van der Waals surface area contributed by atoms with E-state index in [1.807, 2.05) is 11.8 Å². The Kier molecular flexibility index (Phi) is 7.45. The molecule has 1 unspecified atom stereocenters. The van der Waals surface area contributed by atoms with Crippen LogP contribution in [0, 0.1) is 0 Å². The van der Waals surface area contributed by atoms with Crippen LogP contribution in [0.3, 0.4) is 0 Å². The molecule has 4 heteroatoms. The summed E-state index contributed by atoms with van der Waals surface area (Å²) in [5.74, 6) is 2.47. The van der Waals surface area contributed by atoms with E-state index in [4.69, 9.17) is 4.74 Å². The first-order valence-corrected chi connectivity index (χ1v) is 7.52. The van der Waals surface area contributed by atoms with Crippen LogP contribution < -0.4 is 5.32 Å². The quantitative estimate of drug-likeness (QED) is 0.687. The lowest BCUT2D eigenvalue weighted by Crippen LogP contribution is -2.51. The summed E-state index contributed by atoms with van der Waals surface area (Å²) >= 11 is 2.03. The van der Waals surface area contributed by atoms with Gasteiger partial charge in [-0.1, -0.05) is 20.8 Å². The number of nitrogens with one attached hydrogen (secondary N) is 1.